The second kappa shape index (κ2) is 8.97. The lowest BCUT2D eigenvalue weighted by Crippen LogP contribution is -2.41. The summed E-state index contributed by atoms with van der Waals surface area (Å²) in [6, 6.07) is 12.5. The van der Waals surface area contributed by atoms with Crippen LogP contribution in [0.3, 0.4) is 0 Å². The van der Waals surface area contributed by atoms with E-state index >= 15 is 0 Å². The Kier molecular flexibility index (Phi) is 6.11. The van der Waals surface area contributed by atoms with E-state index in [0.29, 0.717) is 21.5 Å². The highest BCUT2D eigenvalue weighted by Crippen LogP contribution is 2.20. The quantitative estimate of drug-likeness (QED) is 0.463. The predicted molar refractivity (Wildman–Crippen MR) is 122 cm³/mol. The zero-order valence-corrected chi connectivity index (χ0v) is 18.4. The summed E-state index contributed by atoms with van der Waals surface area (Å²) in [6.07, 6.45) is 0. The predicted octanol–water partition coefficient (Wildman–Crippen LogP) is 3.71. The molecule has 2 heterocycles. The standard InChI is InChI=1S/C22H17ClFN3O4S/c1-31-15-4-2-3-13(9-15)11-27-21(29)20-18(7-8-32-20)26(22(27)30)12-19(28)25-17-6-5-14(23)10-16(17)24/h2-10H,11-12H2,1H3,(H,25,28). The van der Waals surface area contributed by atoms with E-state index in [0.717, 1.165) is 10.6 Å². The largest absolute Gasteiger partial charge is 0.497 e. The van der Waals surface area contributed by atoms with Crippen LogP contribution >= 0.6 is 22.9 Å². The molecule has 10 heteroatoms. The molecule has 0 saturated heterocycles. The fraction of sp³-hybridized carbons (Fsp3) is 0.136. The summed E-state index contributed by atoms with van der Waals surface area (Å²) in [7, 11) is 1.53. The number of fused-ring (bicyclic) bond motifs is 1. The van der Waals surface area contributed by atoms with E-state index in [-0.39, 0.29) is 17.3 Å². The Morgan fingerprint density at radius 2 is 1.97 bits per heavy atom. The lowest BCUT2D eigenvalue weighted by molar-refractivity contribution is -0.116. The first-order valence-electron chi connectivity index (χ1n) is 9.46. The lowest BCUT2D eigenvalue weighted by atomic mass is 10.2. The molecule has 0 unspecified atom stereocenters. The summed E-state index contributed by atoms with van der Waals surface area (Å²) < 4.78 is 21.9. The summed E-state index contributed by atoms with van der Waals surface area (Å²) in [5.74, 6) is -0.716. The van der Waals surface area contributed by atoms with Gasteiger partial charge in [-0.3, -0.25) is 18.7 Å². The van der Waals surface area contributed by atoms with E-state index in [4.69, 9.17) is 16.3 Å². The number of rotatable bonds is 6. The first-order chi connectivity index (χ1) is 15.4. The van der Waals surface area contributed by atoms with E-state index in [1.54, 1.807) is 35.7 Å². The molecule has 1 amide bonds. The van der Waals surface area contributed by atoms with Crippen molar-refractivity contribution in [1.29, 1.82) is 0 Å². The number of carbonyl (C=O) groups is 1. The minimum atomic E-state index is -0.693. The highest BCUT2D eigenvalue weighted by atomic mass is 35.5. The van der Waals surface area contributed by atoms with E-state index in [9.17, 15) is 18.8 Å². The minimum Gasteiger partial charge on any atom is -0.497 e. The topological polar surface area (TPSA) is 82.3 Å². The van der Waals surface area contributed by atoms with Gasteiger partial charge in [0.1, 0.15) is 22.8 Å². The molecule has 0 aliphatic rings. The SMILES string of the molecule is COc1cccc(Cn2c(=O)c3sccc3n(CC(=O)Nc3ccc(Cl)cc3F)c2=O)c1. The normalized spacial score (nSPS) is 11.0. The number of amides is 1. The zero-order valence-electron chi connectivity index (χ0n) is 16.8. The van der Waals surface area contributed by atoms with Crippen LogP contribution in [0.1, 0.15) is 5.56 Å². The Morgan fingerprint density at radius 1 is 1.16 bits per heavy atom. The van der Waals surface area contributed by atoms with Crippen molar-refractivity contribution in [2.45, 2.75) is 13.1 Å². The van der Waals surface area contributed by atoms with E-state index in [2.05, 4.69) is 5.32 Å². The number of anilines is 1. The number of thiophene rings is 1. The molecule has 0 saturated carbocycles. The Bertz CT molecular complexity index is 1440. The van der Waals surface area contributed by atoms with Crippen molar-refractivity contribution in [2.75, 3.05) is 12.4 Å². The molecule has 32 heavy (non-hydrogen) atoms. The van der Waals surface area contributed by atoms with Gasteiger partial charge in [-0.05, 0) is 47.3 Å². The van der Waals surface area contributed by atoms with Gasteiger partial charge in [0.05, 0.1) is 24.9 Å². The molecule has 0 spiro atoms. The highest BCUT2D eigenvalue weighted by molar-refractivity contribution is 7.17. The molecule has 4 aromatic rings. The molecule has 1 N–H and O–H groups in total. The molecule has 0 bridgehead atoms. The van der Waals surface area contributed by atoms with Crippen LogP contribution in [-0.2, 0) is 17.9 Å². The third-order valence-electron chi connectivity index (χ3n) is 4.82. The summed E-state index contributed by atoms with van der Waals surface area (Å²) in [6.45, 7) is -0.386. The Morgan fingerprint density at radius 3 is 2.72 bits per heavy atom. The number of ether oxygens (including phenoxy) is 1. The average Bonchev–Trinajstić information content (AvgIpc) is 3.26. The number of aromatic nitrogens is 2. The summed E-state index contributed by atoms with van der Waals surface area (Å²) >= 11 is 6.92. The highest BCUT2D eigenvalue weighted by Gasteiger charge is 2.17. The van der Waals surface area contributed by atoms with Crippen LogP contribution in [0.5, 0.6) is 5.75 Å². The maximum absolute atomic E-state index is 14.0. The summed E-state index contributed by atoms with van der Waals surface area (Å²) in [5, 5.41) is 4.31. The first-order valence-corrected chi connectivity index (χ1v) is 10.7. The third-order valence-corrected chi connectivity index (χ3v) is 5.94. The second-order valence-corrected chi connectivity index (χ2v) is 8.27. The van der Waals surface area contributed by atoms with E-state index in [1.807, 2.05) is 0 Å². The van der Waals surface area contributed by atoms with Crippen molar-refractivity contribution in [3.63, 3.8) is 0 Å². The minimum absolute atomic E-state index is 0.0101. The molecule has 0 aliphatic carbocycles. The van der Waals surface area contributed by atoms with E-state index in [1.165, 1.54) is 35.1 Å². The molecular formula is C22H17ClFN3O4S. The van der Waals surface area contributed by atoms with Gasteiger partial charge in [-0.25, -0.2) is 9.18 Å². The van der Waals surface area contributed by atoms with Crippen LogP contribution in [0.2, 0.25) is 5.02 Å². The monoisotopic (exact) mass is 473 g/mol. The van der Waals surface area contributed by atoms with Crippen molar-refractivity contribution in [3.05, 3.63) is 91.2 Å². The van der Waals surface area contributed by atoms with Gasteiger partial charge in [0.25, 0.3) is 5.56 Å². The average molecular weight is 474 g/mol. The van der Waals surface area contributed by atoms with Gasteiger partial charge in [-0.1, -0.05) is 23.7 Å². The molecule has 2 aromatic carbocycles. The van der Waals surface area contributed by atoms with Crippen LogP contribution in [0.15, 0.2) is 63.5 Å². The van der Waals surface area contributed by atoms with Gasteiger partial charge in [0.2, 0.25) is 5.91 Å². The lowest BCUT2D eigenvalue weighted by Gasteiger charge is -2.13. The number of hydrogen-bond donors (Lipinski definition) is 1. The molecule has 7 nitrogen and oxygen atoms in total. The van der Waals surface area contributed by atoms with Crippen LogP contribution in [-0.4, -0.2) is 22.2 Å². The van der Waals surface area contributed by atoms with Crippen LogP contribution in [0.4, 0.5) is 10.1 Å². The number of hydrogen-bond acceptors (Lipinski definition) is 5. The van der Waals surface area contributed by atoms with Crippen LogP contribution in [0.25, 0.3) is 10.2 Å². The maximum atomic E-state index is 14.0. The van der Waals surface area contributed by atoms with Crippen molar-refractivity contribution in [2.24, 2.45) is 0 Å². The second-order valence-electron chi connectivity index (χ2n) is 6.92. The number of halogens is 2. The number of nitrogens with one attached hydrogen (secondary N) is 1. The molecule has 4 rings (SSSR count). The Balaban J connectivity index is 1.71. The smallest absolute Gasteiger partial charge is 0.332 e. The first kappa shape index (κ1) is 21.8. The number of nitrogens with zero attached hydrogens (tertiary/aromatic N) is 2. The zero-order chi connectivity index (χ0) is 22.8. The Labute approximate surface area is 190 Å². The van der Waals surface area contributed by atoms with Gasteiger partial charge < -0.3 is 10.1 Å². The third kappa shape index (κ3) is 4.30. The Hall–Kier alpha value is -3.43. The number of methoxy groups -OCH3 is 1. The molecular weight excluding hydrogens is 457 g/mol. The molecule has 2 aromatic heterocycles. The fourth-order valence-electron chi connectivity index (χ4n) is 3.30. The number of carbonyl (C=O) groups excluding carboxylic acids is 1. The van der Waals surface area contributed by atoms with Crippen molar-refractivity contribution in [1.82, 2.24) is 9.13 Å². The van der Waals surface area contributed by atoms with Gasteiger partial charge in [-0.2, -0.15) is 0 Å². The number of benzene rings is 2. The summed E-state index contributed by atoms with van der Waals surface area (Å²) in [5.41, 5.74) is -0.102. The van der Waals surface area contributed by atoms with Gasteiger partial charge in [0.15, 0.2) is 0 Å². The van der Waals surface area contributed by atoms with E-state index < -0.39 is 29.5 Å². The van der Waals surface area contributed by atoms with Crippen LogP contribution in [0, 0.1) is 5.82 Å². The molecule has 0 atom stereocenters. The van der Waals surface area contributed by atoms with Gasteiger partial charge in [0, 0.05) is 5.02 Å². The van der Waals surface area contributed by atoms with Crippen LogP contribution < -0.4 is 21.3 Å². The summed E-state index contributed by atoms with van der Waals surface area (Å²) in [4.78, 5) is 38.7. The van der Waals surface area contributed by atoms with Crippen molar-refractivity contribution < 1.29 is 13.9 Å². The van der Waals surface area contributed by atoms with Gasteiger partial charge in [-0.15, -0.1) is 11.3 Å². The maximum Gasteiger partial charge on any atom is 0.332 e. The molecule has 0 aliphatic heterocycles. The molecule has 0 fully saturated rings. The van der Waals surface area contributed by atoms with Crippen molar-refractivity contribution in [3.8, 4) is 5.75 Å². The van der Waals surface area contributed by atoms with Gasteiger partial charge >= 0.3 is 5.69 Å². The molecule has 0 radical (unpaired) electrons. The molecule has 164 valence electrons. The van der Waals surface area contributed by atoms with Crippen molar-refractivity contribution >= 4 is 44.7 Å². The fourth-order valence-corrected chi connectivity index (χ4v) is 4.30.